The summed E-state index contributed by atoms with van der Waals surface area (Å²) < 4.78 is 0. The van der Waals surface area contributed by atoms with Gasteiger partial charge in [0.25, 0.3) is 0 Å². The number of carboxylic acids is 1. The summed E-state index contributed by atoms with van der Waals surface area (Å²) in [6.07, 6.45) is 6.83. The fourth-order valence-corrected chi connectivity index (χ4v) is 4.45. The first-order valence-corrected chi connectivity index (χ1v) is 12.9. The number of H-pyrrole nitrogens is 1. The number of aliphatic carboxylic acids is 1. The zero-order valence-electron chi connectivity index (χ0n) is 20.0. The maximum absolute atomic E-state index is 13.2. The van der Waals surface area contributed by atoms with E-state index < -0.39 is 42.0 Å². The molecule has 3 amide bonds. The number of thioether (sulfide) groups is 1. The van der Waals surface area contributed by atoms with Gasteiger partial charge in [-0.05, 0) is 43.6 Å². The van der Waals surface area contributed by atoms with Gasteiger partial charge in [-0.15, -0.1) is 0 Å². The molecule has 190 valence electrons. The number of hydrogen-bond acceptors (Lipinski definition) is 7. The van der Waals surface area contributed by atoms with Crippen LogP contribution in [0.15, 0.2) is 12.5 Å². The average molecular weight is 497 g/mol. The van der Waals surface area contributed by atoms with Crippen LogP contribution in [0.1, 0.15) is 45.2 Å². The second-order valence-corrected chi connectivity index (χ2v) is 9.93. The van der Waals surface area contributed by atoms with E-state index in [0.29, 0.717) is 37.3 Å². The number of nitrogens with zero attached hydrogens (tertiary/aromatic N) is 2. The van der Waals surface area contributed by atoms with E-state index in [1.165, 1.54) is 29.2 Å². The number of carbonyl (C=O) groups is 4. The molecule has 1 aliphatic heterocycles. The van der Waals surface area contributed by atoms with Gasteiger partial charge in [0.15, 0.2) is 0 Å². The standard InChI is InChI=1S/C22H36N6O5S/c1-13(2)9-15(23)21(31)28-7-4-5-18(28)20(30)27-17(10-14-11-24-12-25-14)19(29)26-16(22(32)33)6-8-34-3/h11-13,15-18H,4-10,23H2,1-3H3,(H,24,25)(H,26,29)(H,27,30)(H,32,33). The molecule has 0 aromatic carbocycles. The third-order valence-corrected chi connectivity index (χ3v) is 6.36. The molecule has 6 N–H and O–H groups in total. The molecule has 4 unspecified atom stereocenters. The third-order valence-electron chi connectivity index (χ3n) is 5.72. The maximum atomic E-state index is 13.2. The lowest BCUT2D eigenvalue weighted by molar-refractivity contribution is -0.143. The Kier molecular flexibility index (Phi) is 10.8. The van der Waals surface area contributed by atoms with Crippen molar-refractivity contribution in [2.45, 2.75) is 70.1 Å². The Hall–Kier alpha value is -2.60. The van der Waals surface area contributed by atoms with Crippen LogP contribution in [0.5, 0.6) is 0 Å². The van der Waals surface area contributed by atoms with Crippen molar-refractivity contribution in [3.63, 3.8) is 0 Å². The number of nitrogens with one attached hydrogen (secondary N) is 3. The molecule has 1 aliphatic rings. The Labute approximate surface area is 204 Å². The van der Waals surface area contributed by atoms with Gasteiger partial charge in [0, 0.05) is 24.9 Å². The Morgan fingerprint density at radius 2 is 2.03 bits per heavy atom. The molecule has 0 radical (unpaired) electrons. The summed E-state index contributed by atoms with van der Waals surface area (Å²) >= 11 is 1.48. The highest BCUT2D eigenvalue weighted by Gasteiger charge is 2.38. The molecule has 2 heterocycles. The van der Waals surface area contributed by atoms with E-state index in [4.69, 9.17) is 5.73 Å². The number of carbonyl (C=O) groups excluding carboxylic acids is 3. The number of nitrogens with two attached hydrogens (primary N) is 1. The highest BCUT2D eigenvalue weighted by atomic mass is 32.2. The van der Waals surface area contributed by atoms with Gasteiger partial charge in [-0.2, -0.15) is 11.8 Å². The highest BCUT2D eigenvalue weighted by molar-refractivity contribution is 7.98. The van der Waals surface area contributed by atoms with Gasteiger partial charge < -0.3 is 31.4 Å². The molecular formula is C22H36N6O5S. The Morgan fingerprint density at radius 3 is 2.62 bits per heavy atom. The maximum Gasteiger partial charge on any atom is 0.326 e. The summed E-state index contributed by atoms with van der Waals surface area (Å²) in [6.45, 7) is 4.38. The SMILES string of the molecule is CSCCC(NC(=O)C(Cc1cnc[nH]1)NC(=O)C1CCCN1C(=O)C(N)CC(C)C)C(=O)O. The molecule has 0 saturated carbocycles. The lowest BCUT2D eigenvalue weighted by Gasteiger charge is -2.29. The quantitative estimate of drug-likeness (QED) is 0.256. The monoisotopic (exact) mass is 496 g/mol. The van der Waals surface area contributed by atoms with Crippen molar-refractivity contribution in [3.05, 3.63) is 18.2 Å². The molecule has 34 heavy (non-hydrogen) atoms. The van der Waals surface area contributed by atoms with Crippen LogP contribution < -0.4 is 16.4 Å². The average Bonchev–Trinajstić information content (AvgIpc) is 3.46. The topological polar surface area (TPSA) is 171 Å². The molecule has 0 spiro atoms. The van der Waals surface area contributed by atoms with Gasteiger partial charge in [0.2, 0.25) is 17.7 Å². The normalized spacial score (nSPS) is 18.4. The minimum atomic E-state index is -1.14. The number of carboxylic acid groups (broad SMARTS) is 1. The zero-order chi connectivity index (χ0) is 25.3. The van der Waals surface area contributed by atoms with E-state index in [-0.39, 0.29) is 24.7 Å². The van der Waals surface area contributed by atoms with Crippen LogP contribution in [0.25, 0.3) is 0 Å². The summed E-state index contributed by atoms with van der Waals surface area (Å²) in [7, 11) is 0. The van der Waals surface area contributed by atoms with Crippen molar-refractivity contribution in [3.8, 4) is 0 Å². The van der Waals surface area contributed by atoms with E-state index in [9.17, 15) is 24.3 Å². The van der Waals surface area contributed by atoms with Crippen LogP contribution in [-0.4, -0.2) is 86.4 Å². The molecule has 1 aromatic rings. The predicted octanol–water partition coefficient (Wildman–Crippen LogP) is 0.124. The number of rotatable bonds is 13. The smallest absolute Gasteiger partial charge is 0.326 e. The molecule has 1 fully saturated rings. The van der Waals surface area contributed by atoms with Crippen LogP contribution in [0, 0.1) is 5.92 Å². The van der Waals surface area contributed by atoms with Crippen molar-refractivity contribution in [2.75, 3.05) is 18.6 Å². The number of aromatic amines is 1. The van der Waals surface area contributed by atoms with Crippen LogP contribution in [0.2, 0.25) is 0 Å². The summed E-state index contributed by atoms with van der Waals surface area (Å²) in [5.41, 5.74) is 6.67. The van der Waals surface area contributed by atoms with Crippen molar-refractivity contribution >= 4 is 35.5 Å². The van der Waals surface area contributed by atoms with Crippen LogP contribution in [-0.2, 0) is 25.6 Å². The molecule has 1 aromatic heterocycles. The molecule has 0 bridgehead atoms. The van der Waals surface area contributed by atoms with E-state index in [2.05, 4.69) is 20.6 Å². The number of likely N-dealkylation sites (tertiary alicyclic amines) is 1. The van der Waals surface area contributed by atoms with Crippen molar-refractivity contribution in [2.24, 2.45) is 11.7 Å². The first kappa shape index (κ1) is 27.6. The van der Waals surface area contributed by atoms with E-state index >= 15 is 0 Å². The van der Waals surface area contributed by atoms with Gasteiger partial charge in [-0.3, -0.25) is 14.4 Å². The van der Waals surface area contributed by atoms with Crippen LogP contribution in [0.3, 0.4) is 0 Å². The number of hydrogen-bond donors (Lipinski definition) is 5. The lowest BCUT2D eigenvalue weighted by Crippen LogP contribution is -2.57. The number of aromatic nitrogens is 2. The first-order chi connectivity index (χ1) is 16.1. The molecule has 2 rings (SSSR count). The van der Waals surface area contributed by atoms with E-state index in [1.807, 2.05) is 20.1 Å². The number of amides is 3. The van der Waals surface area contributed by atoms with Gasteiger partial charge in [-0.1, -0.05) is 13.8 Å². The zero-order valence-corrected chi connectivity index (χ0v) is 20.8. The lowest BCUT2D eigenvalue weighted by atomic mass is 10.0. The third kappa shape index (κ3) is 8.01. The molecule has 1 saturated heterocycles. The number of imidazole rings is 1. The molecule has 11 nitrogen and oxygen atoms in total. The van der Waals surface area contributed by atoms with Gasteiger partial charge in [-0.25, -0.2) is 9.78 Å². The molecule has 12 heteroatoms. The summed E-state index contributed by atoms with van der Waals surface area (Å²) in [5, 5.41) is 14.7. The van der Waals surface area contributed by atoms with Crippen molar-refractivity contribution < 1.29 is 24.3 Å². The van der Waals surface area contributed by atoms with E-state index in [0.717, 1.165) is 0 Å². The Balaban J connectivity index is 2.13. The van der Waals surface area contributed by atoms with Crippen LogP contribution >= 0.6 is 11.8 Å². The fourth-order valence-electron chi connectivity index (χ4n) is 3.98. The van der Waals surface area contributed by atoms with Gasteiger partial charge in [0.1, 0.15) is 18.1 Å². The molecule has 4 atom stereocenters. The Morgan fingerprint density at radius 1 is 1.29 bits per heavy atom. The van der Waals surface area contributed by atoms with Crippen LogP contribution in [0.4, 0.5) is 0 Å². The summed E-state index contributed by atoms with van der Waals surface area (Å²) in [6, 6.07) is -3.52. The molecular weight excluding hydrogens is 460 g/mol. The van der Waals surface area contributed by atoms with E-state index in [1.54, 1.807) is 0 Å². The minimum absolute atomic E-state index is 0.0972. The first-order valence-electron chi connectivity index (χ1n) is 11.5. The summed E-state index contributed by atoms with van der Waals surface area (Å²) in [5.74, 6) is -1.68. The predicted molar refractivity (Wildman–Crippen MR) is 129 cm³/mol. The Bertz CT molecular complexity index is 834. The largest absolute Gasteiger partial charge is 0.480 e. The summed E-state index contributed by atoms with van der Waals surface area (Å²) in [4.78, 5) is 58.9. The second kappa shape index (κ2) is 13.3. The van der Waals surface area contributed by atoms with Crippen molar-refractivity contribution in [1.29, 1.82) is 0 Å². The van der Waals surface area contributed by atoms with Gasteiger partial charge >= 0.3 is 5.97 Å². The minimum Gasteiger partial charge on any atom is -0.480 e. The van der Waals surface area contributed by atoms with Gasteiger partial charge in [0.05, 0.1) is 12.4 Å². The van der Waals surface area contributed by atoms with Crippen molar-refractivity contribution in [1.82, 2.24) is 25.5 Å². The highest BCUT2D eigenvalue weighted by Crippen LogP contribution is 2.20. The molecule has 0 aliphatic carbocycles. The fraction of sp³-hybridized carbons (Fsp3) is 0.682. The second-order valence-electron chi connectivity index (χ2n) is 8.95.